The quantitative estimate of drug-likeness (QED) is 0.713. The highest BCUT2D eigenvalue weighted by molar-refractivity contribution is 6.17. The Balaban J connectivity index is 2.39. The van der Waals surface area contributed by atoms with Gasteiger partial charge in [0.05, 0.1) is 5.60 Å². The maximum Gasteiger partial charge on any atom is 0.248 e. The number of rotatable bonds is 5. The lowest BCUT2D eigenvalue weighted by Crippen LogP contribution is -2.39. The molecule has 0 N–H and O–H groups in total. The van der Waals surface area contributed by atoms with Crippen LogP contribution in [-0.2, 0) is 9.53 Å². The van der Waals surface area contributed by atoms with Gasteiger partial charge in [-0.15, -0.1) is 11.6 Å². The monoisotopic (exact) mass is 261 g/mol. The first-order chi connectivity index (χ1) is 7.94. The maximum absolute atomic E-state index is 12.0. The molecule has 100 valence electrons. The van der Waals surface area contributed by atoms with Crippen LogP contribution in [0.3, 0.4) is 0 Å². The fraction of sp³-hybridized carbons (Fsp3) is 0.923. The van der Waals surface area contributed by atoms with Crippen molar-refractivity contribution >= 4 is 17.5 Å². The largest absolute Gasteiger partial charge is 0.366 e. The Hall–Kier alpha value is -0.280. The van der Waals surface area contributed by atoms with E-state index in [0.29, 0.717) is 11.9 Å². The van der Waals surface area contributed by atoms with Gasteiger partial charge in [-0.3, -0.25) is 4.79 Å². The topological polar surface area (TPSA) is 29.5 Å². The average Bonchev–Trinajstić information content (AvgIpc) is 2.70. The molecule has 1 unspecified atom stereocenters. The third kappa shape index (κ3) is 5.26. The predicted molar refractivity (Wildman–Crippen MR) is 70.4 cm³/mol. The van der Waals surface area contributed by atoms with Crippen LogP contribution < -0.4 is 0 Å². The number of amides is 1. The van der Waals surface area contributed by atoms with Crippen LogP contribution in [0.4, 0.5) is 0 Å². The third-order valence-electron chi connectivity index (χ3n) is 3.00. The molecular formula is C13H24ClNO2. The molecule has 0 aromatic carbocycles. The van der Waals surface area contributed by atoms with Crippen molar-refractivity contribution in [2.45, 2.75) is 58.1 Å². The molecule has 1 rings (SSSR count). The molecule has 0 spiro atoms. The summed E-state index contributed by atoms with van der Waals surface area (Å²) in [5.74, 6) is 0.800. The van der Waals surface area contributed by atoms with E-state index in [1.807, 2.05) is 25.7 Å². The van der Waals surface area contributed by atoms with Crippen molar-refractivity contribution in [2.24, 2.45) is 0 Å². The molecule has 0 saturated carbocycles. The molecule has 0 aromatic rings. The number of halogens is 1. The van der Waals surface area contributed by atoms with E-state index in [1.54, 1.807) is 0 Å². The zero-order valence-corrected chi connectivity index (χ0v) is 11.9. The predicted octanol–water partition coefficient (Wildman–Crippen LogP) is 2.81. The molecule has 0 aromatic heterocycles. The molecule has 1 amide bonds. The average molecular weight is 262 g/mol. The van der Waals surface area contributed by atoms with Crippen molar-refractivity contribution in [3.63, 3.8) is 0 Å². The lowest BCUT2D eigenvalue weighted by Gasteiger charge is -2.27. The van der Waals surface area contributed by atoms with E-state index in [-0.39, 0.29) is 18.1 Å². The summed E-state index contributed by atoms with van der Waals surface area (Å²) in [6.07, 6.45) is 4.22. The van der Waals surface area contributed by atoms with Crippen LogP contribution in [0.25, 0.3) is 0 Å². The minimum atomic E-state index is -0.249. The van der Waals surface area contributed by atoms with Crippen LogP contribution in [0, 0.1) is 0 Å². The minimum Gasteiger partial charge on any atom is -0.366 e. The van der Waals surface area contributed by atoms with E-state index in [9.17, 15) is 4.79 Å². The van der Waals surface area contributed by atoms with Crippen LogP contribution in [0.2, 0.25) is 0 Å². The summed E-state index contributed by atoms with van der Waals surface area (Å²) in [7, 11) is 0. The van der Waals surface area contributed by atoms with Crippen LogP contribution in [-0.4, -0.2) is 41.5 Å². The van der Waals surface area contributed by atoms with Crippen LogP contribution in [0.1, 0.15) is 46.5 Å². The fourth-order valence-electron chi connectivity index (χ4n) is 2.14. The van der Waals surface area contributed by atoms with Crippen molar-refractivity contribution in [2.75, 3.05) is 19.0 Å². The molecule has 4 heteroatoms. The van der Waals surface area contributed by atoms with Gasteiger partial charge in [0.25, 0.3) is 0 Å². The summed E-state index contributed by atoms with van der Waals surface area (Å²) >= 11 is 5.70. The Bertz CT molecular complexity index is 250. The fourth-order valence-corrected chi connectivity index (χ4v) is 2.29. The highest BCUT2D eigenvalue weighted by Crippen LogP contribution is 2.22. The van der Waals surface area contributed by atoms with E-state index in [0.717, 1.165) is 32.2 Å². The summed E-state index contributed by atoms with van der Waals surface area (Å²) in [4.78, 5) is 14.0. The summed E-state index contributed by atoms with van der Waals surface area (Å²) in [6.45, 7) is 6.97. The Morgan fingerprint density at radius 3 is 2.76 bits per heavy atom. The van der Waals surface area contributed by atoms with Gasteiger partial charge in [-0.05, 0) is 46.5 Å². The molecule has 3 nitrogen and oxygen atoms in total. The van der Waals surface area contributed by atoms with Crippen molar-refractivity contribution in [1.29, 1.82) is 0 Å². The Kier molecular flexibility index (Phi) is 5.74. The molecule has 0 bridgehead atoms. The third-order valence-corrected chi connectivity index (χ3v) is 3.26. The van der Waals surface area contributed by atoms with Gasteiger partial charge in [0.15, 0.2) is 0 Å². The van der Waals surface area contributed by atoms with Crippen LogP contribution in [0.15, 0.2) is 0 Å². The van der Waals surface area contributed by atoms with Gasteiger partial charge in [0.1, 0.15) is 6.61 Å². The molecule has 1 aliphatic rings. The van der Waals surface area contributed by atoms with Gasteiger partial charge in [-0.1, -0.05) is 0 Å². The molecule has 1 saturated heterocycles. The van der Waals surface area contributed by atoms with Crippen molar-refractivity contribution in [3.8, 4) is 0 Å². The van der Waals surface area contributed by atoms with Crippen molar-refractivity contribution in [3.05, 3.63) is 0 Å². The summed E-state index contributed by atoms with van der Waals surface area (Å²) < 4.78 is 5.54. The molecule has 1 atom stereocenters. The Morgan fingerprint density at radius 1 is 1.47 bits per heavy atom. The highest BCUT2D eigenvalue weighted by Gasteiger charge is 2.28. The second-order valence-corrected chi connectivity index (χ2v) is 5.99. The molecular weight excluding hydrogens is 238 g/mol. The minimum absolute atomic E-state index is 0.122. The zero-order valence-electron chi connectivity index (χ0n) is 11.2. The Morgan fingerprint density at radius 2 is 2.18 bits per heavy atom. The molecule has 0 aliphatic carbocycles. The van der Waals surface area contributed by atoms with Gasteiger partial charge < -0.3 is 9.64 Å². The van der Waals surface area contributed by atoms with E-state index in [1.165, 1.54) is 0 Å². The van der Waals surface area contributed by atoms with Crippen LogP contribution in [0.5, 0.6) is 0 Å². The number of likely N-dealkylation sites (tertiary alicyclic amines) is 1. The molecule has 17 heavy (non-hydrogen) atoms. The van der Waals surface area contributed by atoms with Gasteiger partial charge >= 0.3 is 0 Å². The van der Waals surface area contributed by atoms with Gasteiger partial charge in [-0.25, -0.2) is 0 Å². The van der Waals surface area contributed by atoms with Gasteiger partial charge in [0.2, 0.25) is 5.91 Å². The second-order valence-electron chi connectivity index (χ2n) is 5.62. The number of carbonyl (C=O) groups excluding carboxylic acids is 1. The molecule has 1 aliphatic heterocycles. The van der Waals surface area contributed by atoms with E-state index in [2.05, 4.69) is 0 Å². The van der Waals surface area contributed by atoms with Gasteiger partial charge in [0, 0.05) is 18.5 Å². The molecule has 0 radical (unpaired) electrons. The normalized spacial score (nSPS) is 20.9. The molecule has 1 fully saturated rings. The van der Waals surface area contributed by atoms with Crippen molar-refractivity contribution < 1.29 is 9.53 Å². The van der Waals surface area contributed by atoms with Gasteiger partial charge in [-0.2, -0.15) is 0 Å². The number of alkyl halides is 1. The SMILES string of the molecule is CC(C)(C)OCC(=O)N1CCCC1CCCCl. The second kappa shape index (κ2) is 6.60. The van der Waals surface area contributed by atoms with E-state index < -0.39 is 0 Å². The number of nitrogens with zero attached hydrogens (tertiary/aromatic N) is 1. The van der Waals surface area contributed by atoms with E-state index in [4.69, 9.17) is 16.3 Å². The number of hydrogen-bond donors (Lipinski definition) is 0. The Labute approximate surface area is 109 Å². The summed E-state index contributed by atoms with van der Waals surface area (Å²) in [5, 5.41) is 0. The first kappa shape index (κ1) is 14.8. The first-order valence-corrected chi connectivity index (χ1v) is 6.97. The van der Waals surface area contributed by atoms with Crippen LogP contribution >= 0.6 is 11.6 Å². The van der Waals surface area contributed by atoms with Crippen molar-refractivity contribution in [1.82, 2.24) is 4.90 Å². The zero-order chi connectivity index (χ0) is 12.9. The maximum atomic E-state index is 12.0. The lowest BCUT2D eigenvalue weighted by atomic mass is 10.1. The first-order valence-electron chi connectivity index (χ1n) is 6.43. The number of ether oxygens (including phenoxy) is 1. The highest BCUT2D eigenvalue weighted by atomic mass is 35.5. The standard InChI is InChI=1S/C13H24ClNO2/c1-13(2,3)17-10-12(16)15-9-5-7-11(15)6-4-8-14/h11H,4-10H2,1-3H3. The molecule has 1 heterocycles. The number of carbonyl (C=O) groups is 1. The summed E-state index contributed by atoms with van der Waals surface area (Å²) in [5.41, 5.74) is -0.249. The van der Waals surface area contributed by atoms with E-state index >= 15 is 0 Å². The lowest BCUT2D eigenvalue weighted by molar-refractivity contribution is -0.141. The number of hydrogen-bond acceptors (Lipinski definition) is 2. The summed E-state index contributed by atoms with van der Waals surface area (Å²) in [6, 6.07) is 0.379. The smallest absolute Gasteiger partial charge is 0.248 e.